The number of benzene rings is 2. The van der Waals surface area contributed by atoms with Crippen molar-refractivity contribution in [3.05, 3.63) is 64.2 Å². The van der Waals surface area contributed by atoms with Gasteiger partial charge in [0, 0.05) is 0 Å². The number of aryl methyl sites for hydroxylation is 2. The number of carboxylic acid groups (broad SMARTS) is 1. The lowest BCUT2D eigenvalue weighted by atomic mass is 9.98. The highest BCUT2D eigenvalue weighted by Gasteiger charge is 2.15. The van der Waals surface area contributed by atoms with Crippen molar-refractivity contribution in [2.24, 2.45) is 0 Å². The van der Waals surface area contributed by atoms with Crippen molar-refractivity contribution < 1.29 is 15.0 Å². The number of phenols is 1. The number of carboxylic acids is 1. The molecule has 0 aliphatic heterocycles. The van der Waals surface area contributed by atoms with Crippen molar-refractivity contribution in [3.8, 4) is 5.75 Å². The van der Waals surface area contributed by atoms with Gasteiger partial charge in [0.25, 0.3) is 0 Å². The third-order valence-corrected chi connectivity index (χ3v) is 3.69. The summed E-state index contributed by atoms with van der Waals surface area (Å²) in [6, 6.07) is 10.7. The second-order valence-corrected chi connectivity index (χ2v) is 4.92. The fourth-order valence-electron chi connectivity index (χ4n) is 2.66. The van der Waals surface area contributed by atoms with E-state index in [1.165, 1.54) is 11.1 Å². The zero-order valence-electron chi connectivity index (χ0n) is 10.4. The van der Waals surface area contributed by atoms with Crippen molar-refractivity contribution in [3.63, 3.8) is 0 Å². The minimum Gasteiger partial charge on any atom is -0.508 e. The molecule has 0 amide bonds. The molecule has 2 N–H and O–H groups in total. The van der Waals surface area contributed by atoms with Crippen LogP contribution in [-0.2, 0) is 19.3 Å². The number of carbonyl (C=O) groups is 1. The Morgan fingerprint density at radius 3 is 2.42 bits per heavy atom. The summed E-state index contributed by atoms with van der Waals surface area (Å²) in [5.74, 6) is -0.603. The summed E-state index contributed by atoms with van der Waals surface area (Å²) < 4.78 is 0. The highest BCUT2D eigenvalue weighted by molar-refractivity contribution is 5.88. The van der Waals surface area contributed by atoms with Gasteiger partial charge in [-0.05, 0) is 65.8 Å². The molecule has 0 unspecified atom stereocenters. The van der Waals surface area contributed by atoms with E-state index in [0.717, 1.165) is 30.4 Å². The van der Waals surface area contributed by atoms with Crippen LogP contribution in [0, 0.1) is 0 Å². The zero-order chi connectivity index (χ0) is 13.4. The maximum absolute atomic E-state index is 11.0. The van der Waals surface area contributed by atoms with E-state index in [9.17, 15) is 9.90 Å². The third kappa shape index (κ3) is 2.19. The lowest BCUT2D eigenvalue weighted by Gasteiger charge is -2.07. The fraction of sp³-hybridized carbons (Fsp3) is 0.188. The fourth-order valence-corrected chi connectivity index (χ4v) is 2.66. The molecular formula is C16H14O3. The molecule has 0 bridgehead atoms. The highest BCUT2D eigenvalue weighted by atomic mass is 16.4. The summed E-state index contributed by atoms with van der Waals surface area (Å²) >= 11 is 0. The highest BCUT2D eigenvalue weighted by Crippen LogP contribution is 2.27. The molecule has 2 aromatic rings. The average molecular weight is 254 g/mol. The molecule has 0 atom stereocenters. The minimum absolute atomic E-state index is 0.288. The van der Waals surface area contributed by atoms with Crippen LogP contribution >= 0.6 is 0 Å². The van der Waals surface area contributed by atoms with Crippen molar-refractivity contribution >= 4 is 5.97 Å². The van der Waals surface area contributed by atoms with Gasteiger partial charge in [-0.15, -0.1) is 0 Å². The predicted molar refractivity (Wildman–Crippen MR) is 71.7 cm³/mol. The summed E-state index contributed by atoms with van der Waals surface area (Å²) in [6.45, 7) is 0. The Bertz CT molecular complexity index is 659. The van der Waals surface area contributed by atoms with Gasteiger partial charge in [0.2, 0.25) is 0 Å². The molecule has 96 valence electrons. The van der Waals surface area contributed by atoms with Gasteiger partial charge in [0.1, 0.15) is 5.75 Å². The van der Waals surface area contributed by atoms with Crippen LogP contribution in [0.4, 0.5) is 0 Å². The molecular weight excluding hydrogens is 240 g/mol. The van der Waals surface area contributed by atoms with Gasteiger partial charge >= 0.3 is 5.97 Å². The lowest BCUT2D eigenvalue weighted by Crippen LogP contribution is -2.00. The van der Waals surface area contributed by atoms with Crippen LogP contribution in [-0.4, -0.2) is 16.2 Å². The van der Waals surface area contributed by atoms with Gasteiger partial charge < -0.3 is 10.2 Å². The third-order valence-electron chi connectivity index (χ3n) is 3.69. The summed E-state index contributed by atoms with van der Waals surface area (Å²) in [4.78, 5) is 11.0. The topological polar surface area (TPSA) is 57.5 Å². The molecule has 0 radical (unpaired) electrons. The average Bonchev–Trinajstić information content (AvgIpc) is 2.56. The number of aromatic hydroxyl groups is 1. The Kier molecular flexibility index (Phi) is 2.75. The first-order valence-corrected chi connectivity index (χ1v) is 6.29. The molecule has 0 fully saturated rings. The molecule has 1 aliphatic rings. The number of aromatic carboxylic acids is 1. The van der Waals surface area contributed by atoms with E-state index in [4.69, 9.17) is 5.11 Å². The van der Waals surface area contributed by atoms with E-state index in [0.29, 0.717) is 5.56 Å². The largest absolute Gasteiger partial charge is 0.508 e. The smallest absolute Gasteiger partial charge is 0.335 e. The summed E-state index contributed by atoms with van der Waals surface area (Å²) in [6.07, 6.45) is 2.49. The van der Waals surface area contributed by atoms with Gasteiger partial charge in [-0.3, -0.25) is 0 Å². The Labute approximate surface area is 111 Å². The normalized spacial score (nSPS) is 13.3. The molecule has 0 saturated heterocycles. The van der Waals surface area contributed by atoms with Crippen molar-refractivity contribution in [2.45, 2.75) is 19.3 Å². The standard InChI is InChI=1S/C16H14O3/c17-15-6-5-11-7-14-8-13(16(18)19)4-2-10(14)1-3-12(11)9-15/h2,4-6,8-9,17H,1,3,7H2,(H,18,19). The van der Waals surface area contributed by atoms with Crippen LogP contribution in [0.2, 0.25) is 0 Å². The van der Waals surface area contributed by atoms with Gasteiger partial charge in [0.05, 0.1) is 5.56 Å². The Balaban J connectivity index is 2.06. The Morgan fingerprint density at radius 1 is 0.895 bits per heavy atom. The van der Waals surface area contributed by atoms with Crippen molar-refractivity contribution in [1.29, 1.82) is 0 Å². The molecule has 19 heavy (non-hydrogen) atoms. The first kappa shape index (κ1) is 11.8. The SMILES string of the molecule is O=C(O)c1ccc2c(c1)Cc1ccc(O)cc1CC2. The van der Waals surface area contributed by atoms with Crippen molar-refractivity contribution in [2.75, 3.05) is 0 Å². The minimum atomic E-state index is -0.891. The molecule has 1 aliphatic carbocycles. The molecule has 0 heterocycles. The maximum Gasteiger partial charge on any atom is 0.335 e. The number of fused-ring (bicyclic) bond motifs is 2. The van der Waals surface area contributed by atoms with Crippen LogP contribution in [0.1, 0.15) is 32.6 Å². The lowest BCUT2D eigenvalue weighted by molar-refractivity contribution is 0.0696. The Hall–Kier alpha value is -2.29. The van der Waals surface area contributed by atoms with E-state index in [1.54, 1.807) is 24.3 Å². The summed E-state index contributed by atoms with van der Waals surface area (Å²) in [5.41, 5.74) is 4.91. The second-order valence-electron chi connectivity index (χ2n) is 4.92. The van der Waals surface area contributed by atoms with Crippen LogP contribution in [0.5, 0.6) is 5.75 Å². The molecule has 0 aromatic heterocycles. The molecule has 3 rings (SSSR count). The predicted octanol–water partition coefficient (Wildman–Crippen LogP) is 2.78. The quantitative estimate of drug-likeness (QED) is 0.822. The monoisotopic (exact) mass is 254 g/mol. The summed E-state index contributed by atoms with van der Waals surface area (Å²) in [7, 11) is 0. The summed E-state index contributed by atoms with van der Waals surface area (Å²) in [5, 5.41) is 18.6. The number of rotatable bonds is 1. The molecule has 0 spiro atoms. The molecule has 3 nitrogen and oxygen atoms in total. The first-order valence-electron chi connectivity index (χ1n) is 6.29. The van der Waals surface area contributed by atoms with E-state index in [2.05, 4.69) is 0 Å². The van der Waals surface area contributed by atoms with Crippen LogP contribution in [0.3, 0.4) is 0 Å². The van der Waals surface area contributed by atoms with Gasteiger partial charge in [0.15, 0.2) is 0 Å². The van der Waals surface area contributed by atoms with Gasteiger partial charge in [-0.1, -0.05) is 12.1 Å². The number of hydrogen-bond donors (Lipinski definition) is 2. The van der Waals surface area contributed by atoms with Crippen LogP contribution in [0.15, 0.2) is 36.4 Å². The van der Waals surface area contributed by atoms with Gasteiger partial charge in [-0.25, -0.2) is 4.79 Å². The Morgan fingerprint density at radius 2 is 1.63 bits per heavy atom. The second kappa shape index (κ2) is 4.43. The van der Waals surface area contributed by atoms with Gasteiger partial charge in [-0.2, -0.15) is 0 Å². The van der Waals surface area contributed by atoms with Crippen LogP contribution < -0.4 is 0 Å². The molecule has 3 heteroatoms. The van der Waals surface area contributed by atoms with E-state index in [1.807, 2.05) is 12.1 Å². The first-order chi connectivity index (χ1) is 9.13. The molecule has 2 aromatic carbocycles. The van der Waals surface area contributed by atoms with E-state index in [-0.39, 0.29) is 5.75 Å². The van der Waals surface area contributed by atoms with E-state index < -0.39 is 5.97 Å². The van der Waals surface area contributed by atoms with Crippen LogP contribution in [0.25, 0.3) is 0 Å². The van der Waals surface area contributed by atoms with E-state index >= 15 is 0 Å². The maximum atomic E-state index is 11.0. The zero-order valence-corrected chi connectivity index (χ0v) is 10.4. The van der Waals surface area contributed by atoms with Crippen molar-refractivity contribution in [1.82, 2.24) is 0 Å². The number of phenolic OH excluding ortho intramolecular Hbond substituents is 1. The molecule has 0 saturated carbocycles. The number of hydrogen-bond acceptors (Lipinski definition) is 2.